The molecule has 0 saturated carbocycles. The summed E-state index contributed by atoms with van der Waals surface area (Å²) in [4.78, 5) is 0. The van der Waals surface area contributed by atoms with Crippen LogP contribution in [-0.2, 0) is 9.47 Å². The molecule has 0 aliphatic carbocycles. The summed E-state index contributed by atoms with van der Waals surface area (Å²) in [5.74, 6) is 0.753. The molecule has 2 heteroatoms. The quantitative estimate of drug-likeness (QED) is 0.324. The molecule has 0 heterocycles. The van der Waals surface area contributed by atoms with Gasteiger partial charge in [-0.05, 0) is 51.9 Å². The van der Waals surface area contributed by atoms with Crippen LogP contribution in [0.3, 0.4) is 0 Å². The summed E-state index contributed by atoms with van der Waals surface area (Å²) in [5.41, 5.74) is 1.52. The minimum absolute atomic E-state index is 0.722. The van der Waals surface area contributed by atoms with E-state index in [-0.39, 0.29) is 0 Å². The molecule has 0 saturated heterocycles. The molecular formula is C18H34O2. The Morgan fingerprint density at radius 3 is 2.55 bits per heavy atom. The minimum Gasteiger partial charge on any atom is -0.379 e. The third-order valence-electron chi connectivity index (χ3n) is 3.46. The van der Waals surface area contributed by atoms with Crippen molar-refractivity contribution in [3.63, 3.8) is 0 Å². The SMILES string of the molecule is C=CCC/C=C(\C)CCCC(C)CCOCCOCC. The normalized spacial score (nSPS) is 13.4. The molecule has 20 heavy (non-hydrogen) atoms. The number of hydrogen-bond acceptors (Lipinski definition) is 2. The van der Waals surface area contributed by atoms with Crippen molar-refractivity contribution in [1.82, 2.24) is 0 Å². The average molecular weight is 282 g/mol. The summed E-state index contributed by atoms with van der Waals surface area (Å²) >= 11 is 0. The molecule has 0 aromatic rings. The van der Waals surface area contributed by atoms with Crippen LogP contribution in [0, 0.1) is 5.92 Å². The van der Waals surface area contributed by atoms with E-state index in [2.05, 4.69) is 26.5 Å². The highest BCUT2D eigenvalue weighted by atomic mass is 16.5. The number of ether oxygens (including phenoxy) is 2. The molecule has 0 radical (unpaired) electrons. The van der Waals surface area contributed by atoms with Crippen molar-refractivity contribution in [3.8, 4) is 0 Å². The van der Waals surface area contributed by atoms with Crippen LogP contribution in [0.15, 0.2) is 24.3 Å². The van der Waals surface area contributed by atoms with Crippen LogP contribution in [0.1, 0.15) is 59.3 Å². The van der Waals surface area contributed by atoms with Crippen LogP contribution >= 0.6 is 0 Å². The molecule has 118 valence electrons. The van der Waals surface area contributed by atoms with Gasteiger partial charge in [-0.15, -0.1) is 6.58 Å². The predicted octanol–water partition coefficient (Wildman–Crippen LogP) is 5.15. The van der Waals surface area contributed by atoms with E-state index in [0.29, 0.717) is 0 Å². The van der Waals surface area contributed by atoms with Crippen molar-refractivity contribution in [3.05, 3.63) is 24.3 Å². The maximum atomic E-state index is 5.55. The lowest BCUT2D eigenvalue weighted by atomic mass is 9.99. The maximum absolute atomic E-state index is 5.55. The highest BCUT2D eigenvalue weighted by Gasteiger charge is 2.02. The van der Waals surface area contributed by atoms with E-state index < -0.39 is 0 Å². The Morgan fingerprint density at radius 2 is 1.85 bits per heavy atom. The summed E-state index contributed by atoms with van der Waals surface area (Å²) in [5, 5.41) is 0. The fraction of sp³-hybridized carbons (Fsp3) is 0.778. The zero-order valence-electron chi connectivity index (χ0n) is 13.8. The van der Waals surface area contributed by atoms with Gasteiger partial charge in [0.15, 0.2) is 0 Å². The highest BCUT2D eigenvalue weighted by Crippen LogP contribution is 2.15. The third-order valence-corrected chi connectivity index (χ3v) is 3.46. The topological polar surface area (TPSA) is 18.5 Å². The van der Waals surface area contributed by atoms with E-state index in [9.17, 15) is 0 Å². The van der Waals surface area contributed by atoms with Gasteiger partial charge in [-0.25, -0.2) is 0 Å². The standard InChI is InChI=1S/C18H34O2/c1-5-7-8-10-17(3)11-9-12-18(4)13-14-20-16-15-19-6-2/h5,10,18H,1,6-9,11-16H2,2-4H3/b17-10+. The van der Waals surface area contributed by atoms with Gasteiger partial charge in [0.05, 0.1) is 13.2 Å². The second kappa shape index (κ2) is 14.8. The molecule has 0 N–H and O–H groups in total. The van der Waals surface area contributed by atoms with Crippen molar-refractivity contribution >= 4 is 0 Å². The molecule has 0 aliphatic heterocycles. The number of rotatable bonds is 14. The van der Waals surface area contributed by atoms with Crippen LogP contribution in [0.2, 0.25) is 0 Å². The zero-order chi connectivity index (χ0) is 15.1. The second-order valence-electron chi connectivity index (χ2n) is 5.51. The van der Waals surface area contributed by atoms with Crippen LogP contribution in [0.5, 0.6) is 0 Å². The molecule has 0 amide bonds. The smallest absolute Gasteiger partial charge is 0.0700 e. The Hall–Kier alpha value is -0.600. The Balaban J connectivity index is 3.41. The van der Waals surface area contributed by atoms with Crippen LogP contribution < -0.4 is 0 Å². The molecule has 1 unspecified atom stereocenters. The lowest BCUT2D eigenvalue weighted by molar-refractivity contribution is 0.0478. The summed E-state index contributed by atoms with van der Waals surface area (Å²) in [6.45, 7) is 13.4. The largest absolute Gasteiger partial charge is 0.379 e. The first-order chi connectivity index (χ1) is 9.70. The fourth-order valence-corrected chi connectivity index (χ4v) is 2.07. The van der Waals surface area contributed by atoms with E-state index in [1.807, 2.05) is 13.0 Å². The summed E-state index contributed by atoms with van der Waals surface area (Å²) < 4.78 is 10.8. The van der Waals surface area contributed by atoms with Gasteiger partial charge in [-0.2, -0.15) is 0 Å². The van der Waals surface area contributed by atoms with Crippen LogP contribution in [-0.4, -0.2) is 26.4 Å². The van der Waals surface area contributed by atoms with Gasteiger partial charge in [0, 0.05) is 13.2 Å². The van der Waals surface area contributed by atoms with Crippen molar-refractivity contribution in [2.75, 3.05) is 26.4 Å². The minimum atomic E-state index is 0.722. The van der Waals surface area contributed by atoms with Gasteiger partial charge in [0.25, 0.3) is 0 Å². The number of hydrogen-bond donors (Lipinski definition) is 0. The molecule has 1 atom stereocenters. The number of unbranched alkanes of at least 4 members (excludes halogenated alkanes) is 1. The van der Waals surface area contributed by atoms with Gasteiger partial charge in [0.1, 0.15) is 0 Å². The molecule has 0 spiro atoms. The van der Waals surface area contributed by atoms with Crippen molar-refractivity contribution in [1.29, 1.82) is 0 Å². The van der Waals surface area contributed by atoms with Crippen molar-refractivity contribution in [2.45, 2.75) is 59.3 Å². The third kappa shape index (κ3) is 13.8. The fourth-order valence-electron chi connectivity index (χ4n) is 2.07. The maximum Gasteiger partial charge on any atom is 0.0700 e. The van der Waals surface area contributed by atoms with Crippen LogP contribution in [0.4, 0.5) is 0 Å². The molecular weight excluding hydrogens is 248 g/mol. The van der Waals surface area contributed by atoms with E-state index in [4.69, 9.17) is 9.47 Å². The lowest BCUT2D eigenvalue weighted by Gasteiger charge is -2.11. The van der Waals surface area contributed by atoms with Gasteiger partial charge < -0.3 is 9.47 Å². The van der Waals surface area contributed by atoms with E-state index in [1.165, 1.54) is 24.8 Å². The van der Waals surface area contributed by atoms with E-state index in [0.717, 1.165) is 51.6 Å². The first kappa shape index (κ1) is 19.4. The zero-order valence-corrected chi connectivity index (χ0v) is 13.8. The van der Waals surface area contributed by atoms with E-state index in [1.54, 1.807) is 0 Å². The molecule has 0 aromatic carbocycles. The summed E-state index contributed by atoms with van der Waals surface area (Å²) in [6.07, 6.45) is 11.5. The van der Waals surface area contributed by atoms with Gasteiger partial charge in [-0.3, -0.25) is 0 Å². The molecule has 0 aliphatic rings. The van der Waals surface area contributed by atoms with Gasteiger partial charge >= 0.3 is 0 Å². The Bertz CT molecular complexity index is 246. The highest BCUT2D eigenvalue weighted by molar-refractivity contribution is 4.98. The summed E-state index contributed by atoms with van der Waals surface area (Å²) in [7, 11) is 0. The van der Waals surface area contributed by atoms with E-state index >= 15 is 0 Å². The molecule has 0 fully saturated rings. The Morgan fingerprint density at radius 1 is 1.10 bits per heavy atom. The first-order valence-corrected chi connectivity index (χ1v) is 8.12. The van der Waals surface area contributed by atoms with Crippen molar-refractivity contribution in [2.24, 2.45) is 5.92 Å². The first-order valence-electron chi connectivity index (χ1n) is 8.12. The Labute approximate surface area is 126 Å². The predicted molar refractivity (Wildman–Crippen MR) is 88.1 cm³/mol. The molecule has 0 rings (SSSR count). The average Bonchev–Trinajstić information content (AvgIpc) is 2.43. The molecule has 2 nitrogen and oxygen atoms in total. The van der Waals surface area contributed by atoms with Crippen LogP contribution in [0.25, 0.3) is 0 Å². The summed E-state index contributed by atoms with van der Waals surface area (Å²) in [6, 6.07) is 0. The number of allylic oxidation sites excluding steroid dienone is 3. The molecule has 0 bridgehead atoms. The lowest BCUT2D eigenvalue weighted by Crippen LogP contribution is -2.07. The monoisotopic (exact) mass is 282 g/mol. The van der Waals surface area contributed by atoms with Crippen molar-refractivity contribution < 1.29 is 9.47 Å². The van der Waals surface area contributed by atoms with Gasteiger partial charge in [-0.1, -0.05) is 31.1 Å². The Kier molecular flexibility index (Phi) is 14.4. The second-order valence-corrected chi connectivity index (χ2v) is 5.51. The van der Waals surface area contributed by atoms with Gasteiger partial charge in [0.2, 0.25) is 0 Å². The molecule has 0 aromatic heterocycles.